The van der Waals surface area contributed by atoms with Gasteiger partial charge in [0, 0.05) is 19.1 Å². The normalized spacial score (nSPS) is 17.0. The van der Waals surface area contributed by atoms with Crippen molar-refractivity contribution in [3.63, 3.8) is 0 Å². The van der Waals surface area contributed by atoms with Gasteiger partial charge in [0.05, 0.1) is 5.54 Å². The van der Waals surface area contributed by atoms with Crippen LogP contribution in [-0.4, -0.2) is 36.0 Å². The SMILES string of the molecule is CC(CNC(=O)C1(N)CCCC1)N(C)Cc1ccccc1.Cl.Cl. The fourth-order valence-corrected chi connectivity index (χ4v) is 2.83. The first-order valence-electron chi connectivity index (χ1n) is 7.82. The van der Waals surface area contributed by atoms with Crippen LogP contribution in [-0.2, 0) is 11.3 Å². The van der Waals surface area contributed by atoms with Crippen LogP contribution in [0.2, 0.25) is 0 Å². The topological polar surface area (TPSA) is 58.4 Å². The van der Waals surface area contributed by atoms with Crippen molar-refractivity contribution in [1.29, 1.82) is 0 Å². The molecule has 1 aliphatic rings. The van der Waals surface area contributed by atoms with Gasteiger partial charge in [-0.05, 0) is 32.4 Å². The summed E-state index contributed by atoms with van der Waals surface area (Å²) < 4.78 is 0. The largest absolute Gasteiger partial charge is 0.353 e. The molecule has 0 spiro atoms. The van der Waals surface area contributed by atoms with E-state index in [1.54, 1.807) is 0 Å². The van der Waals surface area contributed by atoms with Crippen molar-refractivity contribution in [2.45, 2.75) is 50.7 Å². The quantitative estimate of drug-likeness (QED) is 0.818. The van der Waals surface area contributed by atoms with Crippen LogP contribution in [0, 0.1) is 0 Å². The van der Waals surface area contributed by atoms with E-state index in [9.17, 15) is 4.79 Å². The molecule has 1 saturated carbocycles. The third-order valence-electron chi connectivity index (χ3n) is 4.53. The highest BCUT2D eigenvalue weighted by Crippen LogP contribution is 2.27. The summed E-state index contributed by atoms with van der Waals surface area (Å²) in [6, 6.07) is 10.6. The molecule has 1 aromatic rings. The van der Waals surface area contributed by atoms with Gasteiger partial charge in [-0.3, -0.25) is 9.69 Å². The summed E-state index contributed by atoms with van der Waals surface area (Å²) in [5, 5.41) is 3.03. The Kier molecular flexibility index (Phi) is 9.78. The Labute approximate surface area is 152 Å². The number of amides is 1. The zero-order valence-corrected chi connectivity index (χ0v) is 15.6. The molecule has 0 heterocycles. The zero-order valence-electron chi connectivity index (χ0n) is 14.0. The number of benzene rings is 1. The van der Waals surface area contributed by atoms with E-state index in [1.807, 2.05) is 18.2 Å². The Morgan fingerprint density at radius 2 is 1.83 bits per heavy atom. The van der Waals surface area contributed by atoms with Gasteiger partial charge >= 0.3 is 0 Å². The molecule has 1 unspecified atom stereocenters. The Hall–Kier alpha value is -0.810. The van der Waals surface area contributed by atoms with E-state index in [2.05, 4.69) is 36.3 Å². The van der Waals surface area contributed by atoms with Crippen LogP contribution in [0.4, 0.5) is 0 Å². The molecular formula is C17H29Cl2N3O. The number of carbonyl (C=O) groups excluding carboxylic acids is 1. The maximum absolute atomic E-state index is 12.2. The molecule has 2 rings (SSSR count). The minimum Gasteiger partial charge on any atom is -0.353 e. The Bertz CT molecular complexity index is 464. The van der Waals surface area contributed by atoms with Gasteiger partial charge < -0.3 is 11.1 Å². The molecule has 0 saturated heterocycles. The first-order valence-corrected chi connectivity index (χ1v) is 7.82. The molecular weight excluding hydrogens is 333 g/mol. The van der Waals surface area contributed by atoms with Gasteiger partial charge in [-0.1, -0.05) is 43.2 Å². The highest BCUT2D eigenvalue weighted by molar-refractivity contribution is 5.86. The molecule has 1 aliphatic carbocycles. The lowest BCUT2D eigenvalue weighted by Gasteiger charge is -2.28. The lowest BCUT2D eigenvalue weighted by atomic mass is 9.98. The summed E-state index contributed by atoms with van der Waals surface area (Å²) in [6.45, 7) is 3.65. The van der Waals surface area contributed by atoms with Gasteiger partial charge in [0.1, 0.15) is 0 Å². The first kappa shape index (κ1) is 22.2. The van der Waals surface area contributed by atoms with E-state index >= 15 is 0 Å². The van der Waals surface area contributed by atoms with Crippen molar-refractivity contribution in [1.82, 2.24) is 10.2 Å². The smallest absolute Gasteiger partial charge is 0.240 e. The van der Waals surface area contributed by atoms with E-state index in [0.29, 0.717) is 6.54 Å². The van der Waals surface area contributed by atoms with Gasteiger partial charge in [-0.15, -0.1) is 24.8 Å². The maximum atomic E-state index is 12.2. The van der Waals surface area contributed by atoms with E-state index in [0.717, 1.165) is 32.2 Å². The van der Waals surface area contributed by atoms with Crippen LogP contribution in [0.5, 0.6) is 0 Å². The molecule has 3 N–H and O–H groups in total. The molecule has 0 aromatic heterocycles. The number of carbonyl (C=O) groups is 1. The highest BCUT2D eigenvalue weighted by Gasteiger charge is 2.36. The molecule has 1 aromatic carbocycles. The summed E-state index contributed by atoms with van der Waals surface area (Å²) in [5.41, 5.74) is 6.82. The monoisotopic (exact) mass is 361 g/mol. The first-order chi connectivity index (χ1) is 10.0. The van der Waals surface area contributed by atoms with Crippen molar-refractivity contribution < 1.29 is 4.79 Å². The van der Waals surface area contributed by atoms with E-state index in [4.69, 9.17) is 5.73 Å². The van der Waals surface area contributed by atoms with Crippen molar-refractivity contribution in [2.24, 2.45) is 5.73 Å². The molecule has 23 heavy (non-hydrogen) atoms. The predicted molar refractivity (Wildman–Crippen MR) is 100 cm³/mol. The van der Waals surface area contributed by atoms with Crippen LogP contribution in [0.1, 0.15) is 38.2 Å². The van der Waals surface area contributed by atoms with E-state index in [-0.39, 0.29) is 36.8 Å². The second-order valence-electron chi connectivity index (χ2n) is 6.32. The van der Waals surface area contributed by atoms with Crippen molar-refractivity contribution in [3.8, 4) is 0 Å². The lowest BCUT2D eigenvalue weighted by Crippen LogP contribution is -2.54. The third kappa shape index (κ3) is 6.30. The van der Waals surface area contributed by atoms with Gasteiger partial charge in [-0.2, -0.15) is 0 Å². The summed E-state index contributed by atoms with van der Waals surface area (Å²) in [7, 11) is 2.08. The Morgan fingerprint density at radius 3 is 2.39 bits per heavy atom. The minimum atomic E-state index is -0.627. The van der Waals surface area contributed by atoms with Crippen molar-refractivity contribution in [3.05, 3.63) is 35.9 Å². The standard InChI is InChI=1S/C17H27N3O.2ClH/c1-14(20(2)13-15-8-4-3-5-9-15)12-19-16(21)17(18)10-6-7-11-17;;/h3-5,8-9,14H,6-7,10-13,18H2,1-2H3,(H,19,21);2*1H. The van der Waals surface area contributed by atoms with Crippen molar-refractivity contribution in [2.75, 3.05) is 13.6 Å². The summed E-state index contributed by atoms with van der Waals surface area (Å²) in [4.78, 5) is 14.4. The molecule has 0 bridgehead atoms. The van der Waals surface area contributed by atoms with Gasteiger partial charge in [-0.25, -0.2) is 0 Å². The van der Waals surface area contributed by atoms with Crippen LogP contribution in [0.3, 0.4) is 0 Å². The summed E-state index contributed by atoms with van der Waals surface area (Å²) in [5.74, 6) is 0.0139. The van der Waals surface area contributed by atoms with Crippen LogP contribution in [0.15, 0.2) is 30.3 Å². The number of halogens is 2. The predicted octanol–water partition coefficient (Wildman–Crippen LogP) is 2.74. The molecule has 1 atom stereocenters. The average molecular weight is 362 g/mol. The number of likely N-dealkylation sites (N-methyl/N-ethyl adjacent to an activating group) is 1. The fraction of sp³-hybridized carbons (Fsp3) is 0.588. The second kappa shape index (κ2) is 10.1. The molecule has 0 radical (unpaired) electrons. The number of nitrogens with zero attached hydrogens (tertiary/aromatic N) is 1. The number of rotatable bonds is 6. The van der Waals surface area contributed by atoms with Crippen molar-refractivity contribution >= 4 is 30.7 Å². The average Bonchev–Trinajstić information content (AvgIpc) is 2.93. The Balaban J connectivity index is 0.00000242. The number of hydrogen-bond donors (Lipinski definition) is 2. The number of nitrogens with two attached hydrogens (primary N) is 1. The molecule has 0 aliphatic heterocycles. The molecule has 132 valence electrons. The molecule has 6 heteroatoms. The number of hydrogen-bond acceptors (Lipinski definition) is 3. The highest BCUT2D eigenvalue weighted by atomic mass is 35.5. The minimum absolute atomic E-state index is 0. The lowest BCUT2D eigenvalue weighted by molar-refractivity contribution is -0.126. The van der Waals surface area contributed by atoms with Crippen LogP contribution in [0.25, 0.3) is 0 Å². The molecule has 4 nitrogen and oxygen atoms in total. The third-order valence-corrected chi connectivity index (χ3v) is 4.53. The maximum Gasteiger partial charge on any atom is 0.240 e. The van der Waals surface area contributed by atoms with Crippen LogP contribution >= 0.6 is 24.8 Å². The van der Waals surface area contributed by atoms with E-state index < -0.39 is 5.54 Å². The van der Waals surface area contributed by atoms with Gasteiger partial charge in [0.15, 0.2) is 0 Å². The summed E-state index contributed by atoms with van der Waals surface area (Å²) >= 11 is 0. The second-order valence-corrected chi connectivity index (χ2v) is 6.32. The van der Waals surface area contributed by atoms with Gasteiger partial charge in [0.25, 0.3) is 0 Å². The zero-order chi connectivity index (χ0) is 15.3. The van der Waals surface area contributed by atoms with Gasteiger partial charge in [0.2, 0.25) is 5.91 Å². The van der Waals surface area contributed by atoms with Crippen LogP contribution < -0.4 is 11.1 Å². The number of nitrogens with one attached hydrogen (secondary N) is 1. The summed E-state index contributed by atoms with van der Waals surface area (Å²) in [6.07, 6.45) is 3.75. The Morgan fingerprint density at radius 1 is 1.26 bits per heavy atom. The molecule has 1 amide bonds. The molecule has 1 fully saturated rings. The van der Waals surface area contributed by atoms with E-state index in [1.165, 1.54) is 5.56 Å². The fourth-order valence-electron chi connectivity index (χ4n) is 2.83.